The SMILES string of the molecule is CCOc1ccc(C(=O)N[C@H](C(=O)N2CCN(CC(=O)Nc3ccc(F)cc3)CC2)C(C)C)cc1. The summed E-state index contributed by atoms with van der Waals surface area (Å²) in [6.45, 7) is 8.43. The molecule has 1 aliphatic rings. The predicted molar refractivity (Wildman–Crippen MR) is 132 cm³/mol. The van der Waals surface area contributed by atoms with Crippen molar-refractivity contribution in [3.8, 4) is 5.75 Å². The molecule has 0 bridgehead atoms. The third-order valence-electron chi connectivity index (χ3n) is 5.83. The van der Waals surface area contributed by atoms with Gasteiger partial charge >= 0.3 is 0 Å². The van der Waals surface area contributed by atoms with Crippen molar-refractivity contribution in [2.75, 3.05) is 44.6 Å². The van der Waals surface area contributed by atoms with Crippen molar-refractivity contribution >= 4 is 23.4 Å². The summed E-state index contributed by atoms with van der Waals surface area (Å²) < 4.78 is 18.4. The van der Waals surface area contributed by atoms with Crippen molar-refractivity contribution < 1.29 is 23.5 Å². The minimum atomic E-state index is -0.651. The maximum absolute atomic E-state index is 13.2. The second kappa shape index (κ2) is 12.3. The van der Waals surface area contributed by atoms with Crippen molar-refractivity contribution in [3.63, 3.8) is 0 Å². The standard InChI is InChI=1S/C26H33FN4O4/c1-4-35-22-11-5-19(6-12-22)25(33)29-24(18(2)3)26(34)31-15-13-30(14-16-31)17-23(32)28-21-9-7-20(27)8-10-21/h5-12,18,24H,4,13-17H2,1-3H3,(H,28,32)(H,29,33)/t24-/m0/s1. The molecule has 188 valence electrons. The highest BCUT2D eigenvalue weighted by atomic mass is 19.1. The molecular weight excluding hydrogens is 451 g/mol. The molecule has 1 atom stereocenters. The van der Waals surface area contributed by atoms with Gasteiger partial charge in [-0.3, -0.25) is 19.3 Å². The number of carbonyl (C=O) groups is 3. The molecule has 1 aliphatic heterocycles. The molecule has 2 N–H and O–H groups in total. The zero-order valence-electron chi connectivity index (χ0n) is 20.4. The Kier molecular flexibility index (Phi) is 9.19. The highest BCUT2D eigenvalue weighted by Crippen LogP contribution is 2.15. The molecule has 0 radical (unpaired) electrons. The minimum absolute atomic E-state index is 0.0892. The van der Waals surface area contributed by atoms with E-state index in [9.17, 15) is 18.8 Å². The summed E-state index contributed by atoms with van der Waals surface area (Å²) >= 11 is 0. The van der Waals surface area contributed by atoms with E-state index in [1.165, 1.54) is 24.3 Å². The number of nitrogens with one attached hydrogen (secondary N) is 2. The van der Waals surface area contributed by atoms with Crippen LogP contribution >= 0.6 is 0 Å². The first-order valence-electron chi connectivity index (χ1n) is 11.9. The van der Waals surface area contributed by atoms with Crippen LogP contribution in [0.25, 0.3) is 0 Å². The second-order valence-electron chi connectivity index (χ2n) is 8.81. The molecule has 35 heavy (non-hydrogen) atoms. The summed E-state index contributed by atoms with van der Waals surface area (Å²) in [5, 5.41) is 5.63. The molecule has 1 saturated heterocycles. The zero-order valence-corrected chi connectivity index (χ0v) is 20.4. The smallest absolute Gasteiger partial charge is 0.251 e. The second-order valence-corrected chi connectivity index (χ2v) is 8.81. The molecule has 1 fully saturated rings. The lowest BCUT2D eigenvalue weighted by Crippen LogP contribution is -2.57. The largest absolute Gasteiger partial charge is 0.494 e. The molecule has 0 saturated carbocycles. The average Bonchev–Trinajstić information content (AvgIpc) is 2.84. The van der Waals surface area contributed by atoms with E-state index in [1.807, 2.05) is 25.7 Å². The topological polar surface area (TPSA) is 91.0 Å². The average molecular weight is 485 g/mol. The molecule has 0 spiro atoms. The number of halogens is 1. The lowest BCUT2D eigenvalue weighted by atomic mass is 10.0. The molecule has 9 heteroatoms. The zero-order chi connectivity index (χ0) is 25.4. The van der Waals surface area contributed by atoms with Crippen molar-refractivity contribution in [2.24, 2.45) is 5.92 Å². The number of amides is 3. The number of hydrogen-bond acceptors (Lipinski definition) is 5. The van der Waals surface area contributed by atoms with Crippen molar-refractivity contribution in [1.82, 2.24) is 15.1 Å². The van der Waals surface area contributed by atoms with E-state index in [0.717, 1.165) is 0 Å². The molecule has 2 aromatic carbocycles. The van der Waals surface area contributed by atoms with E-state index < -0.39 is 6.04 Å². The molecule has 0 aliphatic carbocycles. The Bertz CT molecular complexity index is 1000. The fraction of sp³-hybridized carbons (Fsp3) is 0.423. The third kappa shape index (κ3) is 7.51. The van der Waals surface area contributed by atoms with Gasteiger partial charge in [-0.25, -0.2) is 4.39 Å². The van der Waals surface area contributed by atoms with Crippen LogP contribution in [0.2, 0.25) is 0 Å². The monoisotopic (exact) mass is 484 g/mol. The van der Waals surface area contributed by atoms with Crippen molar-refractivity contribution in [3.05, 3.63) is 59.9 Å². The molecule has 8 nitrogen and oxygen atoms in total. The van der Waals surface area contributed by atoms with Gasteiger partial charge in [-0.05, 0) is 61.4 Å². The van der Waals surface area contributed by atoms with Gasteiger partial charge in [0.2, 0.25) is 11.8 Å². The number of nitrogens with zero attached hydrogens (tertiary/aromatic N) is 2. The van der Waals surface area contributed by atoms with Crippen LogP contribution in [-0.4, -0.2) is 72.9 Å². The van der Waals surface area contributed by atoms with Crippen LogP contribution in [0.4, 0.5) is 10.1 Å². The third-order valence-corrected chi connectivity index (χ3v) is 5.83. The Morgan fingerprint density at radius 3 is 2.17 bits per heavy atom. The minimum Gasteiger partial charge on any atom is -0.494 e. The van der Waals surface area contributed by atoms with Gasteiger partial charge < -0.3 is 20.3 Å². The number of carbonyl (C=O) groups excluding carboxylic acids is 3. The first kappa shape index (κ1) is 26.2. The number of anilines is 1. The van der Waals surface area contributed by atoms with E-state index in [4.69, 9.17) is 4.74 Å². The number of piperazine rings is 1. The van der Waals surface area contributed by atoms with E-state index in [0.29, 0.717) is 49.8 Å². The summed E-state index contributed by atoms with van der Waals surface area (Å²) in [4.78, 5) is 42.0. The molecule has 0 aromatic heterocycles. The van der Waals surface area contributed by atoms with E-state index in [-0.39, 0.29) is 36.0 Å². The van der Waals surface area contributed by atoms with Crippen LogP contribution < -0.4 is 15.4 Å². The molecule has 1 heterocycles. The maximum atomic E-state index is 13.2. The normalized spacial score (nSPS) is 14.9. The number of hydrogen-bond donors (Lipinski definition) is 2. The van der Waals surface area contributed by atoms with E-state index >= 15 is 0 Å². The Labute approximate surface area is 205 Å². The van der Waals surface area contributed by atoms with Gasteiger partial charge in [-0.2, -0.15) is 0 Å². The highest BCUT2D eigenvalue weighted by Gasteiger charge is 2.31. The van der Waals surface area contributed by atoms with Gasteiger partial charge in [0, 0.05) is 37.4 Å². The van der Waals surface area contributed by atoms with Gasteiger partial charge in [-0.15, -0.1) is 0 Å². The lowest BCUT2D eigenvalue weighted by Gasteiger charge is -2.37. The first-order chi connectivity index (χ1) is 16.8. The van der Waals surface area contributed by atoms with Gasteiger partial charge in [0.25, 0.3) is 5.91 Å². The summed E-state index contributed by atoms with van der Waals surface area (Å²) in [6, 6.07) is 11.8. The van der Waals surface area contributed by atoms with Crippen molar-refractivity contribution in [1.29, 1.82) is 0 Å². The fourth-order valence-corrected chi connectivity index (χ4v) is 3.87. The van der Waals surface area contributed by atoms with E-state index in [1.54, 1.807) is 29.2 Å². The Balaban J connectivity index is 1.50. The quantitative estimate of drug-likeness (QED) is 0.571. The Morgan fingerprint density at radius 2 is 1.60 bits per heavy atom. The van der Waals surface area contributed by atoms with Gasteiger partial charge in [0.05, 0.1) is 13.2 Å². The Hall–Kier alpha value is -3.46. The van der Waals surface area contributed by atoms with Crippen molar-refractivity contribution in [2.45, 2.75) is 26.8 Å². The Morgan fingerprint density at radius 1 is 0.971 bits per heavy atom. The molecule has 2 aromatic rings. The summed E-state index contributed by atoms with van der Waals surface area (Å²) in [6.07, 6.45) is 0. The van der Waals surface area contributed by atoms with Gasteiger partial charge in [0.1, 0.15) is 17.6 Å². The molecule has 3 amide bonds. The van der Waals surface area contributed by atoms with Crippen LogP contribution in [-0.2, 0) is 9.59 Å². The molecular formula is C26H33FN4O4. The predicted octanol–water partition coefficient (Wildman–Crippen LogP) is 2.76. The van der Waals surface area contributed by atoms with Crippen LogP contribution in [0, 0.1) is 11.7 Å². The molecule has 0 unspecified atom stereocenters. The number of ether oxygens (including phenoxy) is 1. The summed E-state index contributed by atoms with van der Waals surface area (Å²) in [5.41, 5.74) is 0.997. The highest BCUT2D eigenvalue weighted by molar-refractivity contribution is 5.97. The van der Waals surface area contributed by atoms with Crippen LogP contribution in [0.5, 0.6) is 5.75 Å². The van der Waals surface area contributed by atoms with Crippen LogP contribution in [0.15, 0.2) is 48.5 Å². The summed E-state index contributed by atoms with van der Waals surface area (Å²) in [7, 11) is 0. The van der Waals surface area contributed by atoms with Gasteiger partial charge in [-0.1, -0.05) is 13.8 Å². The van der Waals surface area contributed by atoms with E-state index in [2.05, 4.69) is 10.6 Å². The molecule has 3 rings (SSSR count). The maximum Gasteiger partial charge on any atom is 0.251 e. The van der Waals surface area contributed by atoms with Crippen LogP contribution in [0.1, 0.15) is 31.1 Å². The lowest BCUT2D eigenvalue weighted by molar-refractivity contribution is -0.136. The first-order valence-corrected chi connectivity index (χ1v) is 11.9. The summed E-state index contributed by atoms with van der Waals surface area (Å²) in [5.74, 6) is -0.400. The number of rotatable bonds is 9. The van der Waals surface area contributed by atoms with Gasteiger partial charge in [0.15, 0.2) is 0 Å². The number of benzene rings is 2. The fourth-order valence-electron chi connectivity index (χ4n) is 3.87. The van der Waals surface area contributed by atoms with Crippen LogP contribution in [0.3, 0.4) is 0 Å².